The highest BCUT2D eigenvalue weighted by atomic mass is 16.5. The molecule has 0 saturated carbocycles. The highest BCUT2D eigenvalue weighted by Crippen LogP contribution is 2.27. The van der Waals surface area contributed by atoms with Gasteiger partial charge in [0, 0.05) is 31.7 Å². The van der Waals surface area contributed by atoms with Crippen LogP contribution in [0.25, 0.3) is 21.7 Å². The summed E-state index contributed by atoms with van der Waals surface area (Å²) in [6.45, 7) is 6.19. The third-order valence-corrected chi connectivity index (χ3v) is 5.32. The second-order valence-electron chi connectivity index (χ2n) is 7.85. The Balaban J connectivity index is 1.97. The molecular weight excluding hydrogens is 370 g/mol. The number of nitrogens with zero attached hydrogens (tertiary/aromatic N) is 3. The number of likely N-dealkylation sites (N-methyl/N-ethyl adjacent to an activating group) is 1. The average Bonchev–Trinajstić information content (AvgIpc) is 2.68. The van der Waals surface area contributed by atoms with Gasteiger partial charge in [-0.2, -0.15) is 0 Å². The van der Waals surface area contributed by atoms with Crippen molar-refractivity contribution >= 4 is 27.8 Å². The van der Waals surface area contributed by atoms with Crippen molar-refractivity contribution in [2.45, 2.75) is 33.2 Å². The number of carboxylic acid groups (broad SMARTS) is 1. The second kappa shape index (κ2) is 8.11. The van der Waals surface area contributed by atoms with Gasteiger partial charge >= 0.3 is 6.09 Å². The van der Waals surface area contributed by atoms with Crippen LogP contribution in [-0.2, 0) is 7.05 Å². The number of hydrogen-bond donors (Lipinski definition) is 1. The molecule has 0 bridgehead atoms. The Kier molecular flexibility index (Phi) is 5.77. The first kappa shape index (κ1) is 20.6. The molecule has 3 aromatic rings. The number of ether oxygens (including phenoxy) is 1. The molecule has 1 unspecified atom stereocenters. The van der Waals surface area contributed by atoms with Crippen LogP contribution in [0.5, 0.6) is 5.75 Å². The summed E-state index contributed by atoms with van der Waals surface area (Å²) in [5, 5.41) is 11.8. The number of carbonyl (C=O) groups is 1. The van der Waals surface area contributed by atoms with Crippen molar-refractivity contribution in [3.05, 3.63) is 46.5 Å². The lowest BCUT2D eigenvalue weighted by Gasteiger charge is -2.27. The SMILES string of the molecule is Cc1nccc2c1c(=O)n(C)c1cc(OCC(CC(C)C)N(C)C(=O)O)ccc21. The highest BCUT2D eigenvalue weighted by molar-refractivity contribution is 6.06. The molecule has 0 aliphatic rings. The van der Waals surface area contributed by atoms with Crippen LogP contribution in [0.4, 0.5) is 4.79 Å². The molecule has 0 radical (unpaired) electrons. The predicted octanol–water partition coefficient (Wildman–Crippen LogP) is 3.80. The van der Waals surface area contributed by atoms with Crippen LogP contribution in [0.15, 0.2) is 35.3 Å². The molecular formula is C22H27N3O4. The van der Waals surface area contributed by atoms with E-state index in [1.54, 1.807) is 24.9 Å². The maximum absolute atomic E-state index is 12.8. The fourth-order valence-corrected chi connectivity index (χ4v) is 3.68. The van der Waals surface area contributed by atoms with Gasteiger partial charge in [-0.05, 0) is 42.8 Å². The first-order chi connectivity index (χ1) is 13.7. The summed E-state index contributed by atoms with van der Waals surface area (Å²) in [6, 6.07) is 7.23. The Morgan fingerprint density at radius 3 is 2.66 bits per heavy atom. The minimum Gasteiger partial charge on any atom is -0.491 e. The third-order valence-electron chi connectivity index (χ3n) is 5.32. The van der Waals surface area contributed by atoms with Crippen molar-refractivity contribution in [3.8, 4) is 5.75 Å². The van der Waals surface area contributed by atoms with E-state index in [0.717, 1.165) is 16.3 Å². The highest BCUT2D eigenvalue weighted by Gasteiger charge is 2.21. The average molecular weight is 397 g/mol. The summed E-state index contributed by atoms with van der Waals surface area (Å²) in [7, 11) is 3.30. The lowest BCUT2D eigenvalue weighted by Crippen LogP contribution is -2.40. The van der Waals surface area contributed by atoms with Crippen LogP contribution in [0, 0.1) is 12.8 Å². The molecule has 29 heavy (non-hydrogen) atoms. The molecule has 0 aliphatic carbocycles. The zero-order chi connectivity index (χ0) is 21.3. The molecule has 2 aromatic heterocycles. The molecule has 0 fully saturated rings. The predicted molar refractivity (Wildman–Crippen MR) is 114 cm³/mol. The summed E-state index contributed by atoms with van der Waals surface area (Å²) in [6.07, 6.45) is 1.43. The van der Waals surface area contributed by atoms with Crippen molar-refractivity contribution < 1.29 is 14.6 Å². The van der Waals surface area contributed by atoms with E-state index < -0.39 is 6.09 Å². The van der Waals surface area contributed by atoms with Gasteiger partial charge in [-0.15, -0.1) is 0 Å². The van der Waals surface area contributed by atoms with Gasteiger partial charge in [0.25, 0.3) is 5.56 Å². The molecule has 0 aliphatic heterocycles. The van der Waals surface area contributed by atoms with Crippen molar-refractivity contribution in [2.24, 2.45) is 13.0 Å². The number of fused-ring (bicyclic) bond motifs is 3. The van der Waals surface area contributed by atoms with Gasteiger partial charge < -0.3 is 19.3 Å². The Bertz CT molecular complexity index is 1120. The van der Waals surface area contributed by atoms with E-state index in [-0.39, 0.29) is 18.2 Å². The van der Waals surface area contributed by atoms with E-state index in [4.69, 9.17) is 4.74 Å². The number of rotatable bonds is 6. The lowest BCUT2D eigenvalue weighted by atomic mass is 10.0. The molecule has 0 saturated heterocycles. The van der Waals surface area contributed by atoms with Crippen LogP contribution >= 0.6 is 0 Å². The van der Waals surface area contributed by atoms with E-state index >= 15 is 0 Å². The van der Waals surface area contributed by atoms with Gasteiger partial charge in [-0.1, -0.05) is 13.8 Å². The summed E-state index contributed by atoms with van der Waals surface area (Å²) >= 11 is 0. The molecule has 154 valence electrons. The van der Waals surface area contributed by atoms with E-state index in [2.05, 4.69) is 18.8 Å². The van der Waals surface area contributed by atoms with Crippen LogP contribution in [0.3, 0.4) is 0 Å². The number of benzene rings is 1. The summed E-state index contributed by atoms with van der Waals surface area (Å²) < 4.78 is 7.55. The molecule has 0 spiro atoms. The molecule has 1 N–H and O–H groups in total. The van der Waals surface area contributed by atoms with Gasteiger partial charge in [-0.3, -0.25) is 9.78 Å². The molecule has 1 aromatic carbocycles. The van der Waals surface area contributed by atoms with Gasteiger partial charge in [0.15, 0.2) is 0 Å². The van der Waals surface area contributed by atoms with E-state index in [9.17, 15) is 14.7 Å². The molecule has 3 rings (SSSR count). The summed E-state index contributed by atoms with van der Waals surface area (Å²) in [5.41, 5.74) is 1.37. The normalized spacial score (nSPS) is 12.5. The number of pyridine rings is 2. The van der Waals surface area contributed by atoms with Crippen molar-refractivity contribution in [3.63, 3.8) is 0 Å². The van der Waals surface area contributed by atoms with Gasteiger partial charge in [0.1, 0.15) is 12.4 Å². The molecule has 7 heteroatoms. The molecule has 1 atom stereocenters. The summed E-state index contributed by atoms with van der Waals surface area (Å²) in [5.74, 6) is 0.941. The van der Waals surface area contributed by atoms with Crippen LogP contribution in [0.1, 0.15) is 26.0 Å². The van der Waals surface area contributed by atoms with Gasteiger partial charge in [0.2, 0.25) is 0 Å². The van der Waals surface area contributed by atoms with E-state index in [1.165, 1.54) is 4.90 Å². The Morgan fingerprint density at radius 2 is 2.00 bits per heavy atom. The zero-order valence-electron chi connectivity index (χ0n) is 17.5. The number of amides is 1. The van der Waals surface area contributed by atoms with Crippen LogP contribution in [0.2, 0.25) is 0 Å². The third kappa shape index (κ3) is 4.04. The standard InChI is InChI=1S/C22H27N3O4/c1-13(2)10-15(24(4)22(27)28)12-29-16-6-7-17-18-8-9-23-14(3)20(18)21(26)25(5)19(17)11-16/h6-9,11,13,15H,10,12H2,1-5H3,(H,27,28). The van der Waals surface area contributed by atoms with Crippen molar-refractivity contribution in [2.75, 3.05) is 13.7 Å². The maximum Gasteiger partial charge on any atom is 0.407 e. The first-order valence-electron chi connectivity index (χ1n) is 9.67. The monoisotopic (exact) mass is 397 g/mol. The quantitative estimate of drug-likeness (QED) is 0.640. The zero-order valence-corrected chi connectivity index (χ0v) is 17.5. The number of aromatic nitrogens is 2. The van der Waals surface area contributed by atoms with E-state index in [1.807, 2.05) is 31.2 Å². The van der Waals surface area contributed by atoms with E-state index in [0.29, 0.717) is 29.2 Å². The first-order valence-corrected chi connectivity index (χ1v) is 9.67. The minimum absolute atomic E-state index is 0.0986. The lowest BCUT2D eigenvalue weighted by molar-refractivity contribution is 0.110. The van der Waals surface area contributed by atoms with Gasteiger partial charge in [-0.25, -0.2) is 4.79 Å². The number of aryl methyl sites for hydroxylation is 2. The van der Waals surface area contributed by atoms with Crippen molar-refractivity contribution in [1.82, 2.24) is 14.5 Å². The van der Waals surface area contributed by atoms with Crippen molar-refractivity contribution in [1.29, 1.82) is 0 Å². The Morgan fingerprint density at radius 1 is 1.28 bits per heavy atom. The molecule has 1 amide bonds. The molecule has 7 nitrogen and oxygen atoms in total. The van der Waals surface area contributed by atoms with Crippen LogP contribution in [-0.4, -0.2) is 45.3 Å². The minimum atomic E-state index is -0.976. The topological polar surface area (TPSA) is 84.7 Å². The fraction of sp³-hybridized carbons (Fsp3) is 0.409. The van der Waals surface area contributed by atoms with Crippen LogP contribution < -0.4 is 10.3 Å². The summed E-state index contributed by atoms with van der Waals surface area (Å²) in [4.78, 5) is 29.7. The number of hydrogen-bond acceptors (Lipinski definition) is 4. The fourth-order valence-electron chi connectivity index (χ4n) is 3.68. The molecule has 2 heterocycles. The van der Waals surface area contributed by atoms with Gasteiger partial charge in [0.05, 0.1) is 22.6 Å². The Hall–Kier alpha value is -3.09. The maximum atomic E-state index is 12.8. The second-order valence-corrected chi connectivity index (χ2v) is 7.85. The largest absolute Gasteiger partial charge is 0.491 e. The Labute approximate surface area is 169 Å². The smallest absolute Gasteiger partial charge is 0.407 e.